The summed E-state index contributed by atoms with van der Waals surface area (Å²) in [4.78, 5) is 25.2. The highest BCUT2D eigenvalue weighted by atomic mass is 16.5. The van der Waals surface area contributed by atoms with Gasteiger partial charge < -0.3 is 20.9 Å². The normalized spacial score (nSPS) is 26.0. The molecule has 0 spiro atoms. The van der Waals surface area contributed by atoms with Crippen molar-refractivity contribution in [3.05, 3.63) is 17.8 Å². The topological polar surface area (TPSA) is 131 Å². The van der Waals surface area contributed by atoms with E-state index < -0.39 is 11.8 Å². The molecule has 2 aliphatic rings. The third-order valence-electron chi connectivity index (χ3n) is 6.80. The fraction of sp³-hybridized carbons (Fsp3) is 0.720. The van der Waals surface area contributed by atoms with Gasteiger partial charge >= 0.3 is 0 Å². The number of carbonyl (C=O) groups excluding carboxylic acids is 2. The van der Waals surface area contributed by atoms with Crippen LogP contribution in [0.3, 0.4) is 0 Å². The number of hydrogen-bond donors (Lipinski definition) is 4. The number of aliphatic hydroxyl groups is 1. The second kappa shape index (κ2) is 10.9. The standard InChI is InChI=1S/C25H41N5O4/c1-15(2)14-34-24-20(13-27-30(24)10-9-25(4,5)29-16(3)31)23(33)28-21-17-7-6-8-18(21)12-19(11-17)22(26)32/h9-10,13,15-19,21,29,31H,6-8,11-12,14H2,1-5H3,(H2,26,32)(H,28,33)/b10-9+. The molecule has 1 aromatic rings. The third-order valence-corrected chi connectivity index (χ3v) is 6.80. The summed E-state index contributed by atoms with van der Waals surface area (Å²) in [7, 11) is 0. The van der Waals surface area contributed by atoms with Crippen LogP contribution in [-0.2, 0) is 4.79 Å². The van der Waals surface area contributed by atoms with E-state index in [1.807, 2.05) is 33.8 Å². The monoisotopic (exact) mass is 475 g/mol. The molecule has 9 heteroatoms. The molecule has 2 bridgehead atoms. The van der Waals surface area contributed by atoms with Crippen molar-refractivity contribution in [2.75, 3.05) is 6.61 Å². The Morgan fingerprint density at radius 1 is 1.29 bits per heavy atom. The van der Waals surface area contributed by atoms with Gasteiger partial charge in [0.25, 0.3) is 5.91 Å². The second-order valence-electron chi connectivity index (χ2n) is 10.9. The fourth-order valence-electron chi connectivity index (χ4n) is 5.29. The minimum Gasteiger partial charge on any atom is -0.477 e. The van der Waals surface area contributed by atoms with E-state index in [1.54, 1.807) is 17.8 Å². The molecule has 3 atom stereocenters. The Hall–Kier alpha value is -2.39. The smallest absolute Gasteiger partial charge is 0.258 e. The van der Waals surface area contributed by atoms with Crippen molar-refractivity contribution >= 4 is 18.0 Å². The van der Waals surface area contributed by atoms with Gasteiger partial charge in [0.1, 0.15) is 11.8 Å². The number of amides is 2. The Morgan fingerprint density at radius 3 is 2.50 bits per heavy atom. The first-order valence-corrected chi connectivity index (χ1v) is 12.4. The van der Waals surface area contributed by atoms with Crippen LogP contribution < -0.4 is 21.1 Å². The zero-order valence-electron chi connectivity index (χ0n) is 21.1. The maximum atomic E-state index is 13.4. The van der Waals surface area contributed by atoms with Crippen LogP contribution in [0.1, 0.15) is 77.1 Å². The van der Waals surface area contributed by atoms with Crippen LogP contribution in [-0.4, -0.2) is 51.1 Å². The van der Waals surface area contributed by atoms with Crippen LogP contribution in [0.5, 0.6) is 5.88 Å². The van der Waals surface area contributed by atoms with Crippen molar-refractivity contribution in [3.63, 3.8) is 0 Å². The molecular formula is C25H41N5O4. The summed E-state index contributed by atoms with van der Waals surface area (Å²) in [5.74, 6) is 0.657. The molecule has 3 rings (SSSR count). The van der Waals surface area contributed by atoms with E-state index in [1.165, 1.54) is 6.20 Å². The van der Waals surface area contributed by atoms with Gasteiger partial charge in [-0.1, -0.05) is 20.3 Å². The average Bonchev–Trinajstić information content (AvgIpc) is 3.12. The van der Waals surface area contributed by atoms with E-state index in [0.29, 0.717) is 18.1 Å². The van der Waals surface area contributed by atoms with Crippen molar-refractivity contribution in [2.24, 2.45) is 29.4 Å². The molecule has 2 saturated carbocycles. The summed E-state index contributed by atoms with van der Waals surface area (Å²) in [6.07, 6.45) is 9.07. The number of ether oxygens (including phenoxy) is 1. The molecule has 1 aromatic heterocycles. The first-order valence-electron chi connectivity index (χ1n) is 12.4. The number of hydrogen-bond acceptors (Lipinski definition) is 6. The molecule has 1 heterocycles. The Kier molecular flexibility index (Phi) is 8.41. The molecule has 0 aromatic carbocycles. The van der Waals surface area contributed by atoms with Gasteiger partial charge in [0.2, 0.25) is 11.8 Å². The van der Waals surface area contributed by atoms with E-state index in [9.17, 15) is 14.7 Å². The van der Waals surface area contributed by atoms with Gasteiger partial charge in [0.05, 0.1) is 12.8 Å². The second-order valence-corrected chi connectivity index (χ2v) is 10.9. The maximum Gasteiger partial charge on any atom is 0.258 e. The third kappa shape index (κ3) is 6.60. The molecular weight excluding hydrogens is 434 g/mol. The van der Waals surface area contributed by atoms with Crippen LogP contribution in [0.25, 0.3) is 6.20 Å². The highest BCUT2D eigenvalue weighted by molar-refractivity contribution is 5.96. The quantitative estimate of drug-likeness (QED) is 0.385. The summed E-state index contributed by atoms with van der Waals surface area (Å²) in [5, 5.41) is 20.3. The van der Waals surface area contributed by atoms with Crippen molar-refractivity contribution in [3.8, 4) is 5.88 Å². The lowest BCUT2D eigenvalue weighted by Crippen LogP contribution is -2.52. The van der Waals surface area contributed by atoms with Gasteiger partial charge in [-0.3, -0.25) is 14.9 Å². The molecule has 2 aliphatic carbocycles. The van der Waals surface area contributed by atoms with Crippen molar-refractivity contribution in [1.82, 2.24) is 20.4 Å². The predicted octanol–water partition coefficient (Wildman–Crippen LogP) is 2.51. The van der Waals surface area contributed by atoms with Crippen molar-refractivity contribution in [2.45, 2.75) is 84.5 Å². The Bertz CT molecular complexity index is 878. The predicted molar refractivity (Wildman–Crippen MR) is 131 cm³/mol. The highest BCUT2D eigenvalue weighted by Gasteiger charge is 2.43. The zero-order valence-corrected chi connectivity index (χ0v) is 21.1. The molecule has 0 aliphatic heterocycles. The van der Waals surface area contributed by atoms with Crippen LogP contribution in [0.2, 0.25) is 0 Å². The summed E-state index contributed by atoms with van der Waals surface area (Å²) < 4.78 is 7.59. The molecule has 190 valence electrons. The molecule has 0 saturated heterocycles. The largest absolute Gasteiger partial charge is 0.477 e. The number of primary amides is 1. The highest BCUT2D eigenvalue weighted by Crippen LogP contribution is 2.43. The minimum absolute atomic E-state index is 0.0304. The lowest BCUT2D eigenvalue weighted by atomic mass is 9.64. The lowest BCUT2D eigenvalue weighted by molar-refractivity contribution is -0.124. The summed E-state index contributed by atoms with van der Waals surface area (Å²) >= 11 is 0. The van der Waals surface area contributed by atoms with E-state index in [2.05, 4.69) is 15.7 Å². The SMILES string of the molecule is CC(C)COc1c(C(=O)NC2C3CCCC2CC(C(N)=O)C3)cnn1/C=C/C(C)(C)NC(C)O. The van der Waals surface area contributed by atoms with Crippen LogP contribution in [0, 0.1) is 23.7 Å². The van der Waals surface area contributed by atoms with Crippen LogP contribution in [0.4, 0.5) is 0 Å². The number of nitrogens with zero attached hydrogens (tertiary/aromatic N) is 2. The summed E-state index contributed by atoms with van der Waals surface area (Å²) in [5.41, 5.74) is 5.49. The average molecular weight is 476 g/mol. The van der Waals surface area contributed by atoms with Gasteiger partial charge in [-0.2, -0.15) is 5.10 Å². The number of carbonyl (C=O) groups is 2. The molecule has 2 fully saturated rings. The van der Waals surface area contributed by atoms with Gasteiger partial charge in [0, 0.05) is 23.7 Å². The van der Waals surface area contributed by atoms with Gasteiger partial charge in [0.15, 0.2) is 0 Å². The zero-order chi connectivity index (χ0) is 25.0. The van der Waals surface area contributed by atoms with E-state index in [0.717, 1.165) is 32.1 Å². The molecule has 9 nitrogen and oxygen atoms in total. The molecule has 3 unspecified atom stereocenters. The van der Waals surface area contributed by atoms with Gasteiger partial charge in [-0.05, 0) is 70.3 Å². The molecule has 5 N–H and O–H groups in total. The van der Waals surface area contributed by atoms with E-state index in [-0.39, 0.29) is 41.5 Å². The summed E-state index contributed by atoms with van der Waals surface area (Å²) in [6.45, 7) is 10.1. The van der Waals surface area contributed by atoms with Crippen LogP contribution >= 0.6 is 0 Å². The minimum atomic E-state index is -0.667. The Morgan fingerprint density at radius 2 is 1.94 bits per heavy atom. The first-order chi connectivity index (χ1) is 16.0. The number of rotatable bonds is 10. The Labute approximate surface area is 202 Å². The van der Waals surface area contributed by atoms with Crippen molar-refractivity contribution < 1.29 is 19.4 Å². The van der Waals surface area contributed by atoms with E-state index >= 15 is 0 Å². The van der Waals surface area contributed by atoms with Crippen molar-refractivity contribution in [1.29, 1.82) is 0 Å². The number of nitrogens with two attached hydrogens (primary N) is 1. The molecule has 2 amide bonds. The van der Waals surface area contributed by atoms with Gasteiger partial charge in [-0.15, -0.1) is 0 Å². The maximum absolute atomic E-state index is 13.4. The van der Waals surface area contributed by atoms with Gasteiger partial charge in [-0.25, -0.2) is 4.68 Å². The summed E-state index contributed by atoms with van der Waals surface area (Å²) in [6, 6.07) is 0.0304. The number of nitrogens with one attached hydrogen (secondary N) is 2. The Balaban J connectivity index is 1.80. The fourth-order valence-corrected chi connectivity index (χ4v) is 5.29. The number of aromatic nitrogens is 2. The molecule has 0 radical (unpaired) electrons. The lowest BCUT2D eigenvalue weighted by Gasteiger charge is -2.45. The van der Waals surface area contributed by atoms with E-state index in [4.69, 9.17) is 10.5 Å². The number of fused-ring (bicyclic) bond motifs is 2. The first kappa shape index (κ1) is 26.2. The molecule has 34 heavy (non-hydrogen) atoms. The van der Waals surface area contributed by atoms with Crippen LogP contribution in [0.15, 0.2) is 12.3 Å². The number of aliphatic hydroxyl groups excluding tert-OH is 1.